The number of carbonyl (C=O) groups is 1. The molecule has 3 rings (SSSR count). The number of nitrogens with one attached hydrogen (secondary N) is 1. The van der Waals surface area contributed by atoms with E-state index in [9.17, 15) is 4.79 Å². The van der Waals surface area contributed by atoms with Crippen molar-refractivity contribution in [2.45, 2.75) is 12.5 Å². The van der Waals surface area contributed by atoms with E-state index in [1.54, 1.807) is 18.2 Å². The van der Waals surface area contributed by atoms with Gasteiger partial charge in [-0.1, -0.05) is 41.4 Å². The second kappa shape index (κ2) is 7.11. The zero-order valence-corrected chi connectivity index (χ0v) is 13.7. The van der Waals surface area contributed by atoms with Gasteiger partial charge >= 0.3 is 0 Å². The molecule has 0 aromatic heterocycles. The lowest BCUT2D eigenvalue weighted by Crippen LogP contribution is -2.41. The Labute approximate surface area is 144 Å². The first-order valence-corrected chi connectivity index (χ1v) is 7.97. The fraction of sp³-hybridized carbons (Fsp3) is 0.235. The third-order valence-corrected chi connectivity index (χ3v) is 4.20. The third kappa shape index (κ3) is 3.89. The molecule has 0 saturated carbocycles. The molecule has 120 valence electrons. The molecule has 2 aromatic rings. The molecule has 1 amide bonds. The van der Waals surface area contributed by atoms with Crippen LogP contribution in [0.25, 0.3) is 0 Å². The van der Waals surface area contributed by atoms with Crippen LogP contribution in [0.1, 0.15) is 5.56 Å². The van der Waals surface area contributed by atoms with E-state index in [4.69, 9.17) is 32.7 Å². The van der Waals surface area contributed by atoms with Gasteiger partial charge in [-0.05, 0) is 29.8 Å². The Kier molecular flexibility index (Phi) is 4.94. The predicted molar refractivity (Wildman–Crippen MR) is 89.5 cm³/mol. The van der Waals surface area contributed by atoms with E-state index in [0.29, 0.717) is 34.5 Å². The maximum absolute atomic E-state index is 12.1. The van der Waals surface area contributed by atoms with Gasteiger partial charge in [0, 0.05) is 10.0 Å². The van der Waals surface area contributed by atoms with E-state index in [1.807, 2.05) is 24.3 Å². The minimum absolute atomic E-state index is 0.128. The molecule has 6 heteroatoms. The van der Waals surface area contributed by atoms with Crippen molar-refractivity contribution >= 4 is 29.1 Å². The van der Waals surface area contributed by atoms with E-state index >= 15 is 0 Å². The summed E-state index contributed by atoms with van der Waals surface area (Å²) in [6, 6.07) is 12.6. The molecule has 1 atom stereocenters. The van der Waals surface area contributed by atoms with Crippen LogP contribution >= 0.6 is 23.2 Å². The second-order valence-electron chi connectivity index (χ2n) is 5.18. The fourth-order valence-corrected chi connectivity index (χ4v) is 2.85. The van der Waals surface area contributed by atoms with Crippen LogP contribution in [0, 0.1) is 0 Å². The van der Waals surface area contributed by atoms with Crippen LogP contribution in [0.3, 0.4) is 0 Å². The standard InChI is InChI=1S/C17H15Cl2NO3/c18-13-4-3-5-14(19)12(13)8-17(21)20-9-11-10-22-15-6-1-2-7-16(15)23-11/h1-7,11H,8-10H2,(H,20,21)/t11-/m1/s1. The number of rotatable bonds is 4. The number of hydrogen-bond acceptors (Lipinski definition) is 3. The Morgan fingerprint density at radius 2 is 1.78 bits per heavy atom. The van der Waals surface area contributed by atoms with Gasteiger partial charge in [-0.3, -0.25) is 4.79 Å². The molecule has 0 aliphatic carbocycles. The van der Waals surface area contributed by atoms with Crippen LogP contribution in [0.2, 0.25) is 10.0 Å². The minimum Gasteiger partial charge on any atom is -0.486 e. The Morgan fingerprint density at radius 1 is 1.09 bits per heavy atom. The fourth-order valence-electron chi connectivity index (χ4n) is 2.32. The lowest BCUT2D eigenvalue weighted by atomic mass is 10.1. The zero-order valence-electron chi connectivity index (χ0n) is 12.2. The smallest absolute Gasteiger partial charge is 0.224 e. The summed E-state index contributed by atoms with van der Waals surface area (Å²) in [5.41, 5.74) is 0.625. The normalized spacial score (nSPS) is 16.0. The SMILES string of the molecule is O=C(Cc1c(Cl)cccc1Cl)NC[C@@H]1COc2ccccc2O1. The monoisotopic (exact) mass is 351 g/mol. The average Bonchev–Trinajstić information content (AvgIpc) is 2.56. The molecule has 0 bridgehead atoms. The van der Waals surface area contributed by atoms with Gasteiger partial charge in [-0.15, -0.1) is 0 Å². The molecule has 1 aliphatic heterocycles. The number of fused-ring (bicyclic) bond motifs is 1. The van der Waals surface area contributed by atoms with Crippen LogP contribution in [0.5, 0.6) is 11.5 Å². The van der Waals surface area contributed by atoms with Gasteiger partial charge in [-0.2, -0.15) is 0 Å². The summed E-state index contributed by atoms with van der Waals surface area (Å²) in [4.78, 5) is 12.1. The second-order valence-corrected chi connectivity index (χ2v) is 5.99. The van der Waals surface area contributed by atoms with Gasteiger partial charge in [0.25, 0.3) is 0 Å². The van der Waals surface area contributed by atoms with E-state index in [1.165, 1.54) is 0 Å². The Morgan fingerprint density at radius 3 is 2.52 bits per heavy atom. The van der Waals surface area contributed by atoms with Gasteiger partial charge in [0.15, 0.2) is 11.5 Å². The molecule has 2 aromatic carbocycles. The van der Waals surface area contributed by atoms with Gasteiger partial charge in [-0.25, -0.2) is 0 Å². The summed E-state index contributed by atoms with van der Waals surface area (Å²) >= 11 is 12.1. The van der Waals surface area contributed by atoms with Crippen molar-refractivity contribution in [3.63, 3.8) is 0 Å². The molecule has 0 saturated heterocycles. The molecule has 1 aliphatic rings. The molecular formula is C17H15Cl2NO3. The highest BCUT2D eigenvalue weighted by molar-refractivity contribution is 6.36. The predicted octanol–water partition coefficient (Wildman–Crippen LogP) is 3.49. The van der Waals surface area contributed by atoms with Gasteiger partial charge in [0.2, 0.25) is 5.91 Å². The molecule has 0 unspecified atom stereocenters. The molecule has 23 heavy (non-hydrogen) atoms. The summed E-state index contributed by atoms with van der Waals surface area (Å²) in [5, 5.41) is 3.79. The van der Waals surface area contributed by atoms with E-state index < -0.39 is 0 Å². The van der Waals surface area contributed by atoms with Crippen molar-refractivity contribution in [2.24, 2.45) is 0 Å². The molecule has 1 heterocycles. The first-order valence-electron chi connectivity index (χ1n) is 7.21. The molecule has 0 spiro atoms. The van der Waals surface area contributed by atoms with Crippen LogP contribution < -0.4 is 14.8 Å². The summed E-state index contributed by atoms with van der Waals surface area (Å²) in [6.45, 7) is 0.749. The minimum atomic E-state index is -0.226. The van der Waals surface area contributed by atoms with Crippen molar-refractivity contribution in [3.05, 3.63) is 58.1 Å². The maximum Gasteiger partial charge on any atom is 0.224 e. The van der Waals surface area contributed by atoms with Crippen molar-refractivity contribution in [3.8, 4) is 11.5 Å². The highest BCUT2D eigenvalue weighted by Crippen LogP contribution is 2.30. The summed E-state index contributed by atoms with van der Waals surface area (Å²) in [6.07, 6.45) is -0.0987. The van der Waals surface area contributed by atoms with Crippen molar-refractivity contribution in [2.75, 3.05) is 13.2 Å². The number of amides is 1. The van der Waals surface area contributed by atoms with E-state index in [-0.39, 0.29) is 18.4 Å². The van der Waals surface area contributed by atoms with E-state index in [0.717, 1.165) is 5.75 Å². The number of carbonyl (C=O) groups excluding carboxylic acids is 1. The largest absolute Gasteiger partial charge is 0.486 e. The Hall–Kier alpha value is -1.91. The highest BCUT2D eigenvalue weighted by Gasteiger charge is 2.21. The average molecular weight is 352 g/mol. The quantitative estimate of drug-likeness (QED) is 0.916. The molecule has 4 nitrogen and oxygen atoms in total. The highest BCUT2D eigenvalue weighted by atomic mass is 35.5. The number of hydrogen-bond donors (Lipinski definition) is 1. The topological polar surface area (TPSA) is 47.6 Å². The molecule has 0 radical (unpaired) electrons. The van der Waals surface area contributed by atoms with Crippen LogP contribution in [0.15, 0.2) is 42.5 Å². The van der Waals surface area contributed by atoms with Gasteiger partial charge < -0.3 is 14.8 Å². The first kappa shape index (κ1) is 16.0. The number of benzene rings is 2. The summed E-state index contributed by atoms with van der Waals surface area (Å²) in [5.74, 6) is 1.24. The van der Waals surface area contributed by atoms with Gasteiger partial charge in [0.1, 0.15) is 12.7 Å². The summed E-state index contributed by atoms with van der Waals surface area (Å²) in [7, 11) is 0. The van der Waals surface area contributed by atoms with Crippen molar-refractivity contribution in [1.29, 1.82) is 0 Å². The van der Waals surface area contributed by atoms with Crippen LogP contribution in [0.4, 0.5) is 0 Å². The molecule has 1 N–H and O–H groups in total. The first-order chi connectivity index (χ1) is 11.1. The van der Waals surface area contributed by atoms with Crippen LogP contribution in [-0.2, 0) is 11.2 Å². The Bertz CT molecular complexity index is 700. The molecular weight excluding hydrogens is 337 g/mol. The van der Waals surface area contributed by atoms with Crippen LogP contribution in [-0.4, -0.2) is 25.2 Å². The number of ether oxygens (including phenoxy) is 2. The zero-order chi connectivity index (χ0) is 16.2. The molecule has 0 fully saturated rings. The van der Waals surface area contributed by atoms with E-state index in [2.05, 4.69) is 5.32 Å². The lowest BCUT2D eigenvalue weighted by Gasteiger charge is -2.26. The lowest BCUT2D eigenvalue weighted by molar-refractivity contribution is -0.120. The number of para-hydroxylation sites is 2. The Balaban J connectivity index is 1.54. The maximum atomic E-state index is 12.1. The summed E-state index contributed by atoms with van der Waals surface area (Å²) < 4.78 is 11.4. The van der Waals surface area contributed by atoms with Gasteiger partial charge in [0.05, 0.1) is 13.0 Å². The van der Waals surface area contributed by atoms with Crippen molar-refractivity contribution in [1.82, 2.24) is 5.32 Å². The van der Waals surface area contributed by atoms with Crippen molar-refractivity contribution < 1.29 is 14.3 Å². The third-order valence-electron chi connectivity index (χ3n) is 3.49. The number of halogens is 2.